The molecule has 7 heteroatoms. The van der Waals surface area contributed by atoms with E-state index in [0.717, 1.165) is 19.3 Å². The number of benzene rings is 1. The van der Waals surface area contributed by atoms with Gasteiger partial charge in [0.1, 0.15) is 0 Å². The first-order valence-corrected chi connectivity index (χ1v) is 6.78. The van der Waals surface area contributed by atoms with E-state index >= 15 is 0 Å². The van der Waals surface area contributed by atoms with Crippen LogP contribution in [-0.4, -0.2) is 33.0 Å². The Morgan fingerprint density at radius 1 is 1.24 bits per heavy atom. The molecule has 0 aliphatic heterocycles. The van der Waals surface area contributed by atoms with Crippen molar-refractivity contribution in [1.82, 2.24) is 20.3 Å². The average molecular weight is 308 g/mol. The summed E-state index contributed by atoms with van der Waals surface area (Å²) in [5, 5.41) is 11.2. The normalized spacial score (nSPS) is 20.8. The molecule has 1 aromatic carbocycles. The van der Waals surface area contributed by atoms with Crippen molar-refractivity contribution >= 4 is 18.3 Å². The molecule has 2 aromatic rings. The lowest BCUT2D eigenvalue weighted by atomic mass is 10.1. The number of carbonyl (C=O) groups excluding carboxylic acids is 1. The topological polar surface area (TPSA) is 85.8 Å². The monoisotopic (exact) mass is 307 g/mol. The first-order valence-electron chi connectivity index (χ1n) is 6.78. The number of aromatic nitrogens is 3. The molecule has 112 valence electrons. The maximum Gasteiger partial charge on any atom is 0.253 e. The Hall–Kier alpha value is -1.92. The smallest absolute Gasteiger partial charge is 0.253 e. The van der Waals surface area contributed by atoms with Gasteiger partial charge in [-0.3, -0.25) is 4.79 Å². The van der Waals surface area contributed by atoms with Crippen molar-refractivity contribution < 1.29 is 4.79 Å². The lowest BCUT2D eigenvalue weighted by Gasteiger charge is -2.18. The van der Waals surface area contributed by atoms with Gasteiger partial charge in [0, 0.05) is 12.1 Å². The molecule has 1 amide bonds. The molecule has 1 saturated carbocycles. The number of nitrogens with two attached hydrogens (primary N) is 1. The Morgan fingerprint density at radius 3 is 2.62 bits per heavy atom. The summed E-state index contributed by atoms with van der Waals surface area (Å²) in [6, 6.07) is 7.39. The summed E-state index contributed by atoms with van der Waals surface area (Å²) in [6.07, 6.45) is 6.14. The first-order chi connectivity index (χ1) is 9.75. The third kappa shape index (κ3) is 3.22. The van der Waals surface area contributed by atoms with Crippen molar-refractivity contribution in [2.45, 2.75) is 31.3 Å². The van der Waals surface area contributed by atoms with Gasteiger partial charge >= 0.3 is 0 Å². The van der Waals surface area contributed by atoms with Crippen LogP contribution in [0.1, 0.15) is 29.6 Å². The highest BCUT2D eigenvalue weighted by molar-refractivity contribution is 5.97. The minimum absolute atomic E-state index is 0. The maximum atomic E-state index is 12.4. The number of para-hydroxylation sites is 1. The molecule has 1 aliphatic rings. The molecule has 1 fully saturated rings. The Balaban J connectivity index is 0.00000161. The van der Waals surface area contributed by atoms with Gasteiger partial charge in [-0.05, 0) is 31.4 Å². The van der Waals surface area contributed by atoms with E-state index in [1.54, 1.807) is 18.5 Å². The van der Waals surface area contributed by atoms with Gasteiger partial charge in [-0.25, -0.2) is 0 Å². The quantitative estimate of drug-likeness (QED) is 0.895. The summed E-state index contributed by atoms with van der Waals surface area (Å²) < 4.78 is 0. The van der Waals surface area contributed by atoms with E-state index in [9.17, 15) is 4.79 Å². The van der Waals surface area contributed by atoms with Gasteiger partial charge in [0.05, 0.1) is 23.6 Å². The fourth-order valence-corrected chi connectivity index (χ4v) is 2.59. The molecule has 0 bridgehead atoms. The number of nitrogens with one attached hydrogen (secondary N) is 1. The fraction of sp³-hybridized carbons (Fsp3) is 0.357. The van der Waals surface area contributed by atoms with Crippen LogP contribution in [0.25, 0.3) is 5.69 Å². The minimum atomic E-state index is -0.125. The van der Waals surface area contributed by atoms with Gasteiger partial charge in [-0.2, -0.15) is 15.0 Å². The predicted octanol–water partition coefficient (Wildman–Crippen LogP) is 1.30. The summed E-state index contributed by atoms with van der Waals surface area (Å²) in [7, 11) is 0. The molecule has 3 N–H and O–H groups in total. The van der Waals surface area contributed by atoms with Crippen LogP contribution in [-0.2, 0) is 0 Å². The Morgan fingerprint density at radius 2 is 1.95 bits per heavy atom. The van der Waals surface area contributed by atoms with E-state index in [1.807, 2.05) is 18.2 Å². The van der Waals surface area contributed by atoms with E-state index in [2.05, 4.69) is 15.5 Å². The highest BCUT2D eigenvalue weighted by atomic mass is 35.5. The fourth-order valence-electron chi connectivity index (χ4n) is 2.59. The van der Waals surface area contributed by atoms with Crippen molar-refractivity contribution in [2.75, 3.05) is 0 Å². The Bertz CT molecular complexity index is 601. The largest absolute Gasteiger partial charge is 0.348 e. The van der Waals surface area contributed by atoms with E-state index in [-0.39, 0.29) is 30.4 Å². The third-order valence-electron chi connectivity index (χ3n) is 3.67. The van der Waals surface area contributed by atoms with Gasteiger partial charge in [-0.1, -0.05) is 12.1 Å². The predicted molar refractivity (Wildman–Crippen MR) is 81.7 cm³/mol. The van der Waals surface area contributed by atoms with Gasteiger partial charge < -0.3 is 11.1 Å². The van der Waals surface area contributed by atoms with E-state index in [4.69, 9.17) is 5.73 Å². The molecule has 1 heterocycles. The van der Waals surface area contributed by atoms with Crippen molar-refractivity contribution in [2.24, 2.45) is 5.73 Å². The molecule has 1 aromatic heterocycles. The summed E-state index contributed by atoms with van der Waals surface area (Å²) in [5.74, 6) is -0.125. The summed E-state index contributed by atoms with van der Waals surface area (Å²) in [6.45, 7) is 0. The number of hydrogen-bond acceptors (Lipinski definition) is 4. The Labute approximate surface area is 129 Å². The third-order valence-corrected chi connectivity index (χ3v) is 3.67. The minimum Gasteiger partial charge on any atom is -0.348 e. The summed E-state index contributed by atoms with van der Waals surface area (Å²) >= 11 is 0. The van der Waals surface area contributed by atoms with Crippen LogP contribution < -0.4 is 11.1 Å². The van der Waals surface area contributed by atoms with Crippen LogP contribution in [0.2, 0.25) is 0 Å². The van der Waals surface area contributed by atoms with Crippen molar-refractivity contribution in [3.05, 3.63) is 42.2 Å². The van der Waals surface area contributed by atoms with Crippen molar-refractivity contribution in [3.8, 4) is 5.69 Å². The average Bonchev–Trinajstić information content (AvgIpc) is 3.11. The molecule has 21 heavy (non-hydrogen) atoms. The Kier molecular flexibility index (Phi) is 4.93. The number of rotatable bonds is 3. The number of nitrogens with zero attached hydrogens (tertiary/aromatic N) is 3. The van der Waals surface area contributed by atoms with Gasteiger partial charge in [0.25, 0.3) is 5.91 Å². The second-order valence-electron chi connectivity index (χ2n) is 5.01. The second-order valence-corrected chi connectivity index (χ2v) is 5.01. The maximum absolute atomic E-state index is 12.4. The van der Waals surface area contributed by atoms with Crippen LogP contribution >= 0.6 is 12.4 Å². The molecule has 3 rings (SSSR count). The molecular weight excluding hydrogens is 290 g/mol. The SMILES string of the molecule is Cl.N[C@H]1CCCC1NC(=O)c1ccccc1-n1nccn1. The zero-order chi connectivity index (χ0) is 13.9. The molecule has 1 aliphatic carbocycles. The zero-order valence-electron chi connectivity index (χ0n) is 11.5. The van der Waals surface area contributed by atoms with Crippen LogP contribution in [0.5, 0.6) is 0 Å². The highest BCUT2D eigenvalue weighted by Crippen LogP contribution is 2.19. The number of carbonyl (C=O) groups is 1. The van der Waals surface area contributed by atoms with Crippen molar-refractivity contribution in [1.29, 1.82) is 0 Å². The van der Waals surface area contributed by atoms with Crippen molar-refractivity contribution in [3.63, 3.8) is 0 Å². The van der Waals surface area contributed by atoms with E-state index < -0.39 is 0 Å². The van der Waals surface area contributed by atoms with E-state index in [1.165, 1.54) is 4.80 Å². The van der Waals surface area contributed by atoms with Gasteiger partial charge in [-0.15, -0.1) is 12.4 Å². The molecule has 0 saturated heterocycles. The van der Waals surface area contributed by atoms with Gasteiger partial charge in [0.15, 0.2) is 0 Å². The standard InChI is InChI=1S/C14H17N5O.ClH/c15-11-5-3-6-12(11)18-14(20)10-4-1-2-7-13(10)19-16-8-9-17-19;/h1-2,4,7-9,11-12H,3,5-6,15H2,(H,18,20);1H/t11-,12?;/m0./s1. The number of amides is 1. The van der Waals surface area contributed by atoms with Crippen LogP contribution in [0, 0.1) is 0 Å². The van der Waals surface area contributed by atoms with Crippen LogP contribution in [0.3, 0.4) is 0 Å². The van der Waals surface area contributed by atoms with Crippen LogP contribution in [0.15, 0.2) is 36.7 Å². The highest BCUT2D eigenvalue weighted by Gasteiger charge is 2.26. The van der Waals surface area contributed by atoms with E-state index in [0.29, 0.717) is 11.3 Å². The molecule has 1 unspecified atom stereocenters. The lowest BCUT2D eigenvalue weighted by molar-refractivity contribution is 0.0934. The van der Waals surface area contributed by atoms with Gasteiger partial charge in [0.2, 0.25) is 0 Å². The summed E-state index contributed by atoms with van der Waals surface area (Å²) in [5.41, 5.74) is 7.22. The second kappa shape index (κ2) is 6.69. The molecule has 6 nitrogen and oxygen atoms in total. The molecule has 2 atom stereocenters. The molecule has 0 spiro atoms. The lowest BCUT2D eigenvalue weighted by Crippen LogP contribution is -2.44. The number of hydrogen-bond donors (Lipinski definition) is 2. The number of halogens is 1. The molecular formula is C14H18ClN5O. The van der Waals surface area contributed by atoms with Crippen LogP contribution in [0.4, 0.5) is 0 Å². The zero-order valence-corrected chi connectivity index (χ0v) is 12.3. The molecule has 0 radical (unpaired) electrons. The first kappa shape index (κ1) is 15.5. The summed E-state index contributed by atoms with van der Waals surface area (Å²) in [4.78, 5) is 13.9.